The van der Waals surface area contributed by atoms with Crippen molar-refractivity contribution in [3.63, 3.8) is 0 Å². The van der Waals surface area contributed by atoms with E-state index in [4.69, 9.17) is 5.73 Å². The van der Waals surface area contributed by atoms with E-state index in [9.17, 15) is 0 Å². The van der Waals surface area contributed by atoms with E-state index in [-0.39, 0.29) is 0 Å². The molecule has 0 amide bonds. The van der Waals surface area contributed by atoms with Crippen LogP contribution in [0.25, 0.3) is 33.1 Å². The van der Waals surface area contributed by atoms with Crippen LogP contribution in [0.15, 0.2) is 60.8 Å². The first-order valence-corrected chi connectivity index (χ1v) is 11.5. The Hall–Kier alpha value is -3.09. The molecule has 2 N–H and O–H groups in total. The number of rotatable bonds is 5. The molecular weight excluding hydrogens is 402 g/mol. The van der Waals surface area contributed by atoms with Crippen molar-refractivity contribution in [2.75, 3.05) is 18.8 Å². The first kappa shape index (κ1) is 19.8. The lowest BCUT2D eigenvalue weighted by atomic mass is 10.0. The Kier molecular flexibility index (Phi) is 5.49. The lowest BCUT2D eigenvalue weighted by Gasteiger charge is -2.14. The maximum Gasteiger partial charge on any atom is 0.181 e. The number of hydrogen-bond donors (Lipinski definition) is 1. The average molecular weight is 428 g/mol. The Morgan fingerprint density at radius 1 is 0.935 bits per heavy atom. The van der Waals surface area contributed by atoms with Crippen LogP contribution < -0.4 is 5.73 Å². The molecule has 6 heteroatoms. The van der Waals surface area contributed by atoms with Gasteiger partial charge >= 0.3 is 0 Å². The number of pyridine rings is 2. The fraction of sp³-hybridized carbons (Fsp3) is 0.240. The molecule has 31 heavy (non-hydrogen) atoms. The van der Waals surface area contributed by atoms with Crippen LogP contribution in [-0.2, 0) is 6.54 Å². The Morgan fingerprint density at radius 3 is 2.52 bits per heavy atom. The Bertz CT molecular complexity index is 1190. The molecule has 0 spiro atoms. The number of aryl methyl sites for hydroxylation is 1. The minimum atomic E-state index is 0.540. The molecule has 0 unspecified atom stereocenters. The van der Waals surface area contributed by atoms with Crippen LogP contribution in [0.1, 0.15) is 24.1 Å². The van der Waals surface area contributed by atoms with Gasteiger partial charge in [-0.2, -0.15) is 0 Å². The van der Waals surface area contributed by atoms with Crippen LogP contribution in [0, 0.1) is 6.92 Å². The van der Waals surface area contributed by atoms with E-state index >= 15 is 0 Å². The number of nitrogen functional groups attached to an aromatic ring is 1. The minimum absolute atomic E-state index is 0.540. The Labute approximate surface area is 186 Å². The molecule has 1 aliphatic heterocycles. The summed E-state index contributed by atoms with van der Waals surface area (Å²) in [7, 11) is 0. The van der Waals surface area contributed by atoms with Gasteiger partial charge in [-0.05, 0) is 62.7 Å². The second-order valence-electron chi connectivity index (χ2n) is 8.00. The van der Waals surface area contributed by atoms with Crippen molar-refractivity contribution in [2.45, 2.75) is 26.3 Å². The molecule has 156 valence electrons. The topological polar surface area (TPSA) is 67.9 Å². The molecular formula is C25H25N5S. The van der Waals surface area contributed by atoms with Crippen LogP contribution in [0.2, 0.25) is 0 Å². The number of anilines is 1. The quantitative estimate of drug-likeness (QED) is 0.460. The highest BCUT2D eigenvalue weighted by Crippen LogP contribution is 2.38. The third kappa shape index (κ3) is 4.36. The van der Waals surface area contributed by atoms with Gasteiger partial charge in [-0.1, -0.05) is 41.7 Å². The lowest BCUT2D eigenvalue weighted by Crippen LogP contribution is -2.18. The molecule has 0 radical (unpaired) electrons. The second kappa shape index (κ2) is 8.57. The molecule has 0 bridgehead atoms. The summed E-state index contributed by atoms with van der Waals surface area (Å²) < 4.78 is 0. The van der Waals surface area contributed by atoms with Crippen LogP contribution in [0.5, 0.6) is 0 Å². The summed E-state index contributed by atoms with van der Waals surface area (Å²) in [6.45, 7) is 5.44. The van der Waals surface area contributed by atoms with Crippen molar-refractivity contribution in [3.05, 3.63) is 72.1 Å². The zero-order valence-corrected chi connectivity index (χ0v) is 18.4. The van der Waals surface area contributed by atoms with Gasteiger partial charge < -0.3 is 5.73 Å². The predicted octanol–water partition coefficient (Wildman–Crippen LogP) is 5.42. The summed E-state index contributed by atoms with van der Waals surface area (Å²) in [5, 5.41) is 0.540. The number of benzene rings is 1. The van der Waals surface area contributed by atoms with Crippen molar-refractivity contribution in [3.8, 4) is 33.1 Å². The summed E-state index contributed by atoms with van der Waals surface area (Å²) >= 11 is 1.47. The monoisotopic (exact) mass is 427 g/mol. The average Bonchev–Trinajstić information content (AvgIpc) is 3.44. The molecule has 1 fully saturated rings. The van der Waals surface area contributed by atoms with Crippen LogP contribution >= 0.6 is 11.3 Å². The molecule has 1 aliphatic rings. The van der Waals surface area contributed by atoms with Crippen LogP contribution in [0.4, 0.5) is 5.13 Å². The zero-order valence-electron chi connectivity index (χ0n) is 17.6. The summed E-state index contributed by atoms with van der Waals surface area (Å²) in [6, 6.07) is 18.8. The normalized spacial score (nSPS) is 14.2. The molecule has 1 aromatic carbocycles. The standard InChI is InChI=1S/C25H25N5S/c1-17-5-4-6-21(28-17)24-23(29-25(26)31-24)20-11-12-27-22(15-20)19-9-7-18(8-10-19)16-30-13-2-3-14-30/h4-12,15H,2-3,13-14,16H2,1H3,(H2,26,29). The van der Waals surface area contributed by atoms with Crippen molar-refractivity contribution >= 4 is 16.5 Å². The van der Waals surface area contributed by atoms with E-state index in [0.29, 0.717) is 5.13 Å². The predicted molar refractivity (Wildman–Crippen MR) is 128 cm³/mol. The first-order valence-electron chi connectivity index (χ1n) is 10.6. The molecule has 0 atom stereocenters. The van der Waals surface area contributed by atoms with Gasteiger partial charge in [-0.3, -0.25) is 14.9 Å². The van der Waals surface area contributed by atoms with E-state index in [2.05, 4.69) is 50.2 Å². The highest BCUT2D eigenvalue weighted by atomic mass is 32.1. The highest BCUT2D eigenvalue weighted by Gasteiger charge is 2.16. The van der Waals surface area contributed by atoms with Crippen molar-refractivity contribution in [1.29, 1.82) is 0 Å². The number of likely N-dealkylation sites (tertiary alicyclic amines) is 1. The molecule has 4 aromatic rings. The van der Waals surface area contributed by atoms with Crippen molar-refractivity contribution in [1.82, 2.24) is 19.9 Å². The van der Waals surface area contributed by atoms with Gasteiger partial charge in [-0.15, -0.1) is 0 Å². The molecule has 0 saturated carbocycles. The molecule has 5 nitrogen and oxygen atoms in total. The number of nitrogens with two attached hydrogens (primary N) is 1. The lowest BCUT2D eigenvalue weighted by molar-refractivity contribution is 0.331. The van der Waals surface area contributed by atoms with Gasteiger partial charge in [0, 0.05) is 29.6 Å². The largest absolute Gasteiger partial charge is 0.375 e. The summed E-state index contributed by atoms with van der Waals surface area (Å²) in [5.74, 6) is 0. The maximum absolute atomic E-state index is 6.09. The number of aromatic nitrogens is 3. The molecule has 0 aliphatic carbocycles. The maximum atomic E-state index is 6.09. The fourth-order valence-corrected chi connectivity index (χ4v) is 4.92. The minimum Gasteiger partial charge on any atom is -0.375 e. The third-order valence-corrected chi connectivity index (χ3v) is 6.56. The molecule has 1 saturated heterocycles. The van der Waals surface area contributed by atoms with Gasteiger partial charge in [0.1, 0.15) is 0 Å². The van der Waals surface area contributed by atoms with Gasteiger partial charge in [0.25, 0.3) is 0 Å². The summed E-state index contributed by atoms with van der Waals surface area (Å²) in [5.41, 5.74) is 13.2. The Morgan fingerprint density at radius 2 is 1.74 bits per heavy atom. The Balaban J connectivity index is 1.45. The third-order valence-electron chi connectivity index (χ3n) is 5.65. The van der Waals surface area contributed by atoms with Gasteiger partial charge in [0.2, 0.25) is 0 Å². The van der Waals surface area contributed by atoms with Gasteiger partial charge in [0.15, 0.2) is 5.13 Å². The van der Waals surface area contributed by atoms with Crippen molar-refractivity contribution in [2.24, 2.45) is 0 Å². The number of hydrogen-bond acceptors (Lipinski definition) is 6. The van der Waals surface area contributed by atoms with E-state index in [1.165, 1.54) is 42.8 Å². The summed E-state index contributed by atoms with van der Waals surface area (Å²) in [6.07, 6.45) is 4.47. The first-order chi connectivity index (χ1) is 15.2. The smallest absolute Gasteiger partial charge is 0.181 e. The van der Waals surface area contributed by atoms with Crippen molar-refractivity contribution < 1.29 is 0 Å². The van der Waals surface area contributed by atoms with Crippen LogP contribution in [-0.4, -0.2) is 32.9 Å². The number of nitrogens with zero attached hydrogens (tertiary/aromatic N) is 4. The van der Waals surface area contributed by atoms with Gasteiger partial charge in [0.05, 0.1) is 22.0 Å². The van der Waals surface area contributed by atoms with E-state index < -0.39 is 0 Å². The molecule has 3 aromatic heterocycles. The SMILES string of the molecule is Cc1cccc(-c2sc(N)nc2-c2ccnc(-c3ccc(CN4CCCC4)cc3)c2)n1. The fourth-order valence-electron chi connectivity index (χ4n) is 4.09. The molecule has 4 heterocycles. The molecule has 5 rings (SSSR count). The van der Waals surface area contributed by atoms with Crippen LogP contribution in [0.3, 0.4) is 0 Å². The summed E-state index contributed by atoms with van der Waals surface area (Å²) in [4.78, 5) is 17.4. The van der Waals surface area contributed by atoms with E-state index in [0.717, 1.165) is 45.3 Å². The highest BCUT2D eigenvalue weighted by molar-refractivity contribution is 7.19. The van der Waals surface area contributed by atoms with E-state index in [1.54, 1.807) is 0 Å². The zero-order chi connectivity index (χ0) is 21.2. The van der Waals surface area contributed by atoms with Gasteiger partial charge in [-0.25, -0.2) is 4.98 Å². The number of thiazole rings is 1. The van der Waals surface area contributed by atoms with E-state index in [1.807, 2.05) is 37.4 Å². The second-order valence-corrected chi connectivity index (χ2v) is 9.03.